The van der Waals surface area contributed by atoms with Gasteiger partial charge < -0.3 is 4.90 Å². The number of hydrogen-bond acceptors (Lipinski definition) is 1. The Kier molecular flexibility index (Phi) is 3.53. The maximum atomic E-state index is 5.96. The van der Waals surface area contributed by atoms with E-state index in [4.69, 9.17) is 11.6 Å². The number of hydrogen-bond donors (Lipinski definition) is 0. The second-order valence-corrected chi connectivity index (χ2v) is 4.72. The van der Waals surface area contributed by atoms with Gasteiger partial charge in [0.2, 0.25) is 0 Å². The monoisotopic (exact) mass is 223 g/mol. The van der Waals surface area contributed by atoms with Gasteiger partial charge in [-0.15, -0.1) is 11.6 Å². The number of rotatable bonds is 2. The van der Waals surface area contributed by atoms with Crippen LogP contribution in [0.1, 0.15) is 25.3 Å². The van der Waals surface area contributed by atoms with Crippen LogP contribution in [0.5, 0.6) is 0 Å². The van der Waals surface area contributed by atoms with Crippen molar-refractivity contribution in [1.29, 1.82) is 0 Å². The van der Waals surface area contributed by atoms with Crippen LogP contribution in [0.4, 0.5) is 5.69 Å². The van der Waals surface area contributed by atoms with Crippen molar-refractivity contribution in [3.05, 3.63) is 29.8 Å². The summed E-state index contributed by atoms with van der Waals surface area (Å²) in [4.78, 5) is 2.48. The molecule has 0 saturated carbocycles. The summed E-state index contributed by atoms with van der Waals surface area (Å²) in [5, 5.41) is 0. The maximum absolute atomic E-state index is 5.96. The van der Waals surface area contributed by atoms with Gasteiger partial charge in [-0.2, -0.15) is 0 Å². The van der Waals surface area contributed by atoms with E-state index in [2.05, 4.69) is 36.1 Å². The first kappa shape index (κ1) is 10.8. The summed E-state index contributed by atoms with van der Waals surface area (Å²) in [5.74, 6) is 1.42. The number of halogens is 1. The standard InChI is InChI=1S/C13H18ClN/c1-11-5-4-8-15(10-11)13-7-3-2-6-12(13)9-14/h2-3,6-7,11H,4-5,8-10H2,1H3. The maximum Gasteiger partial charge on any atom is 0.0494 e. The lowest BCUT2D eigenvalue weighted by atomic mass is 9.99. The van der Waals surface area contributed by atoms with Crippen molar-refractivity contribution < 1.29 is 0 Å². The van der Waals surface area contributed by atoms with E-state index in [1.165, 1.54) is 37.2 Å². The molecule has 1 aliphatic rings. The molecule has 1 heterocycles. The van der Waals surface area contributed by atoms with E-state index < -0.39 is 0 Å². The summed E-state index contributed by atoms with van der Waals surface area (Å²) < 4.78 is 0. The van der Waals surface area contributed by atoms with Crippen molar-refractivity contribution in [2.75, 3.05) is 18.0 Å². The summed E-state index contributed by atoms with van der Waals surface area (Å²) >= 11 is 5.96. The molecule has 1 aliphatic heterocycles. The third-order valence-corrected chi connectivity index (χ3v) is 3.42. The minimum atomic E-state index is 0.612. The average Bonchev–Trinajstić information content (AvgIpc) is 2.29. The smallest absolute Gasteiger partial charge is 0.0494 e. The molecule has 0 bridgehead atoms. The number of anilines is 1. The normalized spacial score (nSPS) is 21.7. The van der Waals surface area contributed by atoms with Crippen molar-refractivity contribution in [3.8, 4) is 0 Å². The van der Waals surface area contributed by atoms with E-state index >= 15 is 0 Å². The second kappa shape index (κ2) is 4.89. The molecule has 0 radical (unpaired) electrons. The molecule has 1 saturated heterocycles. The molecule has 1 atom stereocenters. The summed E-state index contributed by atoms with van der Waals surface area (Å²) in [6.07, 6.45) is 2.66. The summed E-state index contributed by atoms with van der Waals surface area (Å²) in [6, 6.07) is 8.48. The molecule has 15 heavy (non-hydrogen) atoms. The van der Waals surface area contributed by atoms with Crippen LogP contribution < -0.4 is 4.90 Å². The largest absolute Gasteiger partial charge is 0.371 e. The first-order valence-corrected chi connectivity index (χ1v) is 6.23. The second-order valence-electron chi connectivity index (χ2n) is 4.46. The highest BCUT2D eigenvalue weighted by atomic mass is 35.5. The van der Waals surface area contributed by atoms with Crippen LogP contribution in [0.25, 0.3) is 0 Å². The van der Waals surface area contributed by atoms with E-state index in [1.54, 1.807) is 0 Å². The van der Waals surface area contributed by atoms with Gasteiger partial charge in [0.1, 0.15) is 0 Å². The molecule has 1 unspecified atom stereocenters. The van der Waals surface area contributed by atoms with E-state index in [0.717, 1.165) is 5.92 Å². The van der Waals surface area contributed by atoms with Gasteiger partial charge in [0.25, 0.3) is 0 Å². The number of benzene rings is 1. The Morgan fingerprint density at radius 1 is 1.40 bits per heavy atom. The fraction of sp³-hybridized carbons (Fsp3) is 0.538. The van der Waals surface area contributed by atoms with Crippen LogP contribution in [0, 0.1) is 5.92 Å². The third-order valence-electron chi connectivity index (χ3n) is 3.13. The Bertz CT molecular complexity index is 324. The topological polar surface area (TPSA) is 3.24 Å². The number of alkyl halides is 1. The predicted octanol–water partition coefficient (Wildman–Crippen LogP) is 3.66. The van der Waals surface area contributed by atoms with E-state index in [0.29, 0.717) is 5.88 Å². The lowest BCUT2D eigenvalue weighted by Crippen LogP contribution is -2.34. The average molecular weight is 224 g/mol. The lowest BCUT2D eigenvalue weighted by Gasteiger charge is -2.34. The van der Waals surface area contributed by atoms with Gasteiger partial charge in [0.15, 0.2) is 0 Å². The number of piperidine rings is 1. The van der Waals surface area contributed by atoms with Gasteiger partial charge in [0, 0.05) is 24.7 Å². The Morgan fingerprint density at radius 3 is 2.93 bits per heavy atom. The predicted molar refractivity (Wildman–Crippen MR) is 66.6 cm³/mol. The first-order valence-electron chi connectivity index (χ1n) is 5.70. The Hall–Kier alpha value is -0.690. The Balaban J connectivity index is 2.20. The van der Waals surface area contributed by atoms with Gasteiger partial charge >= 0.3 is 0 Å². The molecule has 1 aromatic carbocycles. The zero-order valence-electron chi connectivity index (χ0n) is 9.25. The zero-order chi connectivity index (χ0) is 10.7. The fourth-order valence-corrected chi connectivity index (χ4v) is 2.57. The molecule has 0 spiro atoms. The van der Waals surface area contributed by atoms with Gasteiger partial charge in [0.05, 0.1) is 0 Å². The summed E-state index contributed by atoms with van der Waals surface area (Å²) in [7, 11) is 0. The molecule has 0 N–H and O–H groups in total. The highest BCUT2D eigenvalue weighted by Gasteiger charge is 2.17. The van der Waals surface area contributed by atoms with Crippen LogP contribution in [0.2, 0.25) is 0 Å². The van der Waals surface area contributed by atoms with Crippen molar-refractivity contribution in [3.63, 3.8) is 0 Å². The first-order chi connectivity index (χ1) is 7.31. The van der Waals surface area contributed by atoms with Crippen molar-refractivity contribution in [2.24, 2.45) is 5.92 Å². The van der Waals surface area contributed by atoms with Gasteiger partial charge in [-0.1, -0.05) is 25.1 Å². The molecule has 2 rings (SSSR count). The highest BCUT2D eigenvalue weighted by Crippen LogP contribution is 2.26. The highest BCUT2D eigenvalue weighted by molar-refractivity contribution is 6.17. The summed E-state index contributed by atoms with van der Waals surface area (Å²) in [6.45, 7) is 4.68. The minimum absolute atomic E-state index is 0.612. The molecule has 0 amide bonds. The quantitative estimate of drug-likeness (QED) is 0.692. The van der Waals surface area contributed by atoms with Crippen LogP contribution in [0.3, 0.4) is 0 Å². The SMILES string of the molecule is CC1CCCN(c2ccccc2CCl)C1. The fourth-order valence-electron chi connectivity index (χ4n) is 2.34. The molecular formula is C13H18ClN. The van der Waals surface area contributed by atoms with Crippen molar-refractivity contribution in [1.82, 2.24) is 0 Å². The Morgan fingerprint density at radius 2 is 2.20 bits per heavy atom. The zero-order valence-corrected chi connectivity index (χ0v) is 10.0. The lowest BCUT2D eigenvalue weighted by molar-refractivity contribution is 0.446. The Labute approximate surface area is 97.0 Å². The van der Waals surface area contributed by atoms with Gasteiger partial charge in [-0.25, -0.2) is 0 Å². The molecule has 1 nitrogen and oxygen atoms in total. The van der Waals surface area contributed by atoms with Gasteiger partial charge in [-0.3, -0.25) is 0 Å². The molecule has 1 aromatic rings. The molecule has 82 valence electrons. The van der Waals surface area contributed by atoms with Crippen LogP contribution >= 0.6 is 11.6 Å². The summed E-state index contributed by atoms with van der Waals surface area (Å²) in [5.41, 5.74) is 2.59. The van der Waals surface area contributed by atoms with Crippen LogP contribution in [-0.2, 0) is 5.88 Å². The van der Waals surface area contributed by atoms with Gasteiger partial charge in [-0.05, 0) is 30.4 Å². The number of para-hydroxylation sites is 1. The minimum Gasteiger partial charge on any atom is -0.371 e. The van der Waals surface area contributed by atoms with Crippen molar-refractivity contribution in [2.45, 2.75) is 25.6 Å². The van der Waals surface area contributed by atoms with E-state index in [9.17, 15) is 0 Å². The molecule has 1 fully saturated rings. The molecule has 0 aliphatic carbocycles. The molecular weight excluding hydrogens is 206 g/mol. The third kappa shape index (κ3) is 2.46. The van der Waals surface area contributed by atoms with E-state index in [-0.39, 0.29) is 0 Å². The van der Waals surface area contributed by atoms with Crippen LogP contribution in [0.15, 0.2) is 24.3 Å². The van der Waals surface area contributed by atoms with E-state index in [1.807, 2.05) is 0 Å². The number of nitrogens with zero attached hydrogens (tertiary/aromatic N) is 1. The molecule has 0 aromatic heterocycles. The van der Waals surface area contributed by atoms with Crippen molar-refractivity contribution >= 4 is 17.3 Å². The molecule has 2 heteroatoms. The van der Waals surface area contributed by atoms with Crippen LogP contribution in [-0.4, -0.2) is 13.1 Å².